The summed E-state index contributed by atoms with van der Waals surface area (Å²) >= 11 is 0. The minimum Gasteiger partial charge on any atom is -0.464 e. The zero-order valence-corrected chi connectivity index (χ0v) is 25.5. The van der Waals surface area contributed by atoms with Crippen molar-refractivity contribution in [2.24, 2.45) is 0 Å². The molecular formula is C25H52O6Si2. The second kappa shape index (κ2) is 13.4. The molecular weight excluding hydrogens is 452 g/mol. The van der Waals surface area contributed by atoms with Gasteiger partial charge >= 0.3 is 5.97 Å². The van der Waals surface area contributed by atoms with Crippen LogP contribution in [0.25, 0.3) is 0 Å². The van der Waals surface area contributed by atoms with Crippen LogP contribution < -0.4 is 0 Å². The smallest absolute Gasteiger partial charge is 0.302 e. The van der Waals surface area contributed by atoms with Gasteiger partial charge in [-0.1, -0.05) is 41.5 Å². The summed E-state index contributed by atoms with van der Waals surface area (Å²) in [7, 11) is -3.71. The Balaban J connectivity index is 4.80. The molecule has 0 N–H and O–H groups in total. The van der Waals surface area contributed by atoms with Crippen LogP contribution in [-0.4, -0.2) is 54.0 Å². The van der Waals surface area contributed by atoms with Gasteiger partial charge in [-0.25, -0.2) is 0 Å². The zero-order valence-electron chi connectivity index (χ0n) is 23.5. The minimum atomic E-state index is -1.88. The fourth-order valence-electron chi connectivity index (χ4n) is 3.15. The van der Waals surface area contributed by atoms with Gasteiger partial charge in [-0.05, 0) is 62.5 Å². The van der Waals surface area contributed by atoms with E-state index < -0.39 is 16.6 Å². The van der Waals surface area contributed by atoms with Gasteiger partial charge in [0, 0.05) is 32.5 Å². The van der Waals surface area contributed by atoms with Crippen LogP contribution in [0.15, 0.2) is 0 Å². The number of carbonyl (C=O) groups excluding carboxylic acids is 2. The van der Waals surface area contributed by atoms with Gasteiger partial charge in [0.25, 0.3) is 6.47 Å². The van der Waals surface area contributed by atoms with Gasteiger partial charge < -0.3 is 18.3 Å². The molecule has 0 radical (unpaired) electrons. The summed E-state index contributed by atoms with van der Waals surface area (Å²) in [6, 6.07) is 0. The average molecular weight is 505 g/mol. The number of carbonyl (C=O) groups is 2. The van der Waals surface area contributed by atoms with Gasteiger partial charge in [-0.2, -0.15) is 0 Å². The fourth-order valence-corrected chi connectivity index (χ4v) is 5.67. The topological polar surface area (TPSA) is 71.1 Å². The largest absolute Gasteiger partial charge is 0.464 e. The molecule has 0 fully saturated rings. The first-order valence-electron chi connectivity index (χ1n) is 12.4. The molecule has 33 heavy (non-hydrogen) atoms. The van der Waals surface area contributed by atoms with E-state index in [4.69, 9.17) is 18.3 Å². The van der Waals surface area contributed by atoms with E-state index in [-0.39, 0.29) is 34.4 Å². The molecule has 6 nitrogen and oxygen atoms in total. The SMILES string of the molecule is CC(=O)O[C@H](CCC[C@@H](C[C@@H](C)O[Si](C)(C)C(C)(C)C)OC=O)CCO[Si](C)(C)C(C)(C)C. The molecule has 8 heteroatoms. The van der Waals surface area contributed by atoms with E-state index in [0.29, 0.717) is 32.3 Å². The van der Waals surface area contributed by atoms with E-state index in [0.717, 1.165) is 12.8 Å². The molecule has 0 saturated heterocycles. The third kappa shape index (κ3) is 12.5. The van der Waals surface area contributed by atoms with Gasteiger partial charge in [0.15, 0.2) is 16.6 Å². The molecule has 0 unspecified atom stereocenters. The molecule has 0 aromatic rings. The van der Waals surface area contributed by atoms with Crippen LogP contribution in [0.2, 0.25) is 36.3 Å². The Bertz CT molecular complexity index is 591. The van der Waals surface area contributed by atoms with Crippen molar-refractivity contribution >= 4 is 29.1 Å². The predicted molar refractivity (Wildman–Crippen MR) is 140 cm³/mol. The summed E-state index contributed by atoms with van der Waals surface area (Å²) in [6.07, 6.45) is 3.19. The lowest BCUT2D eigenvalue weighted by Crippen LogP contribution is -2.44. The molecule has 0 amide bonds. The van der Waals surface area contributed by atoms with Gasteiger partial charge in [-0.3, -0.25) is 9.59 Å². The van der Waals surface area contributed by atoms with Crippen LogP contribution in [-0.2, 0) is 27.9 Å². The summed E-state index contributed by atoms with van der Waals surface area (Å²) < 4.78 is 23.6. The molecule has 0 aliphatic carbocycles. The molecule has 0 rings (SSSR count). The number of rotatable bonds is 15. The van der Waals surface area contributed by atoms with Crippen LogP contribution >= 0.6 is 0 Å². The van der Waals surface area contributed by atoms with E-state index in [1.54, 1.807) is 0 Å². The lowest BCUT2D eigenvalue weighted by molar-refractivity contribution is -0.147. The molecule has 0 heterocycles. The number of ether oxygens (including phenoxy) is 2. The van der Waals surface area contributed by atoms with E-state index in [2.05, 4.69) is 74.7 Å². The molecule has 3 atom stereocenters. The van der Waals surface area contributed by atoms with Crippen molar-refractivity contribution in [1.82, 2.24) is 0 Å². The highest BCUT2D eigenvalue weighted by Crippen LogP contribution is 2.38. The van der Waals surface area contributed by atoms with Crippen LogP contribution in [0.5, 0.6) is 0 Å². The first-order valence-corrected chi connectivity index (χ1v) is 18.2. The fraction of sp³-hybridized carbons (Fsp3) is 0.920. The molecule has 0 spiro atoms. The Morgan fingerprint density at radius 3 is 1.85 bits per heavy atom. The second-order valence-electron chi connectivity index (χ2n) is 12.3. The third-order valence-electron chi connectivity index (χ3n) is 7.24. The van der Waals surface area contributed by atoms with E-state index >= 15 is 0 Å². The summed E-state index contributed by atoms with van der Waals surface area (Å²) in [5.74, 6) is -0.274. The first-order chi connectivity index (χ1) is 14.8. The maximum absolute atomic E-state index is 11.6. The number of hydrogen-bond acceptors (Lipinski definition) is 6. The standard InChI is InChI=1S/C25H52O6Si2/c1-20(31-33(11,12)25(6,7)8)18-23(28-19-26)15-13-14-22(30-21(2)27)16-17-29-32(9,10)24(3,4)5/h19-20,22-23H,13-18H2,1-12H3/t20-,22-,23+/m1/s1. The summed E-state index contributed by atoms with van der Waals surface area (Å²) in [5, 5.41) is 0.276. The van der Waals surface area contributed by atoms with Crippen LogP contribution in [0.4, 0.5) is 0 Å². The van der Waals surface area contributed by atoms with Gasteiger partial charge in [0.1, 0.15) is 12.2 Å². The van der Waals surface area contributed by atoms with Crippen molar-refractivity contribution in [2.45, 2.75) is 142 Å². The van der Waals surface area contributed by atoms with Crippen LogP contribution in [0, 0.1) is 0 Å². The molecule has 196 valence electrons. The predicted octanol–water partition coefficient (Wildman–Crippen LogP) is 6.84. The Labute approximate surface area is 205 Å². The maximum atomic E-state index is 11.6. The highest BCUT2D eigenvalue weighted by atomic mass is 28.4. The molecule has 0 aromatic heterocycles. The molecule has 0 aliphatic rings. The van der Waals surface area contributed by atoms with Gasteiger partial charge in [0.05, 0.1) is 0 Å². The van der Waals surface area contributed by atoms with Crippen molar-refractivity contribution in [3.63, 3.8) is 0 Å². The molecule has 0 aromatic carbocycles. The Morgan fingerprint density at radius 2 is 1.39 bits per heavy atom. The Hall–Kier alpha value is -0.706. The molecule has 0 bridgehead atoms. The number of esters is 1. The number of hydrogen-bond donors (Lipinski definition) is 0. The first kappa shape index (κ1) is 32.3. The summed E-state index contributed by atoms with van der Waals surface area (Å²) in [5.41, 5.74) is 0. The van der Waals surface area contributed by atoms with E-state index in [9.17, 15) is 9.59 Å². The highest BCUT2D eigenvalue weighted by Gasteiger charge is 2.39. The lowest BCUT2D eigenvalue weighted by atomic mass is 10.0. The zero-order chi connectivity index (χ0) is 26.1. The maximum Gasteiger partial charge on any atom is 0.302 e. The van der Waals surface area contributed by atoms with Crippen LogP contribution in [0.3, 0.4) is 0 Å². The van der Waals surface area contributed by atoms with Crippen molar-refractivity contribution < 1.29 is 27.9 Å². The normalized spacial score (nSPS) is 16.1. The van der Waals surface area contributed by atoms with Crippen molar-refractivity contribution in [1.29, 1.82) is 0 Å². The Kier molecular flexibility index (Phi) is 13.1. The van der Waals surface area contributed by atoms with Crippen molar-refractivity contribution in [3.05, 3.63) is 0 Å². The highest BCUT2D eigenvalue weighted by molar-refractivity contribution is 6.74. The molecule has 0 aliphatic heterocycles. The third-order valence-corrected chi connectivity index (χ3v) is 16.4. The second-order valence-corrected chi connectivity index (χ2v) is 21.9. The van der Waals surface area contributed by atoms with Crippen molar-refractivity contribution in [3.8, 4) is 0 Å². The van der Waals surface area contributed by atoms with Gasteiger partial charge in [-0.15, -0.1) is 0 Å². The van der Waals surface area contributed by atoms with E-state index in [1.807, 2.05) is 0 Å². The molecule has 0 saturated carbocycles. The average Bonchev–Trinajstić information content (AvgIpc) is 2.58. The minimum absolute atomic E-state index is 0.0121. The lowest BCUT2D eigenvalue weighted by Gasteiger charge is -2.39. The van der Waals surface area contributed by atoms with Crippen molar-refractivity contribution in [2.75, 3.05) is 6.61 Å². The van der Waals surface area contributed by atoms with E-state index in [1.165, 1.54) is 6.92 Å². The van der Waals surface area contributed by atoms with Gasteiger partial charge in [0.2, 0.25) is 0 Å². The summed E-state index contributed by atoms with van der Waals surface area (Å²) in [6.45, 7) is 26.8. The quantitative estimate of drug-likeness (QED) is 0.138. The van der Waals surface area contributed by atoms with Crippen LogP contribution in [0.1, 0.15) is 87.5 Å². The summed E-state index contributed by atoms with van der Waals surface area (Å²) in [4.78, 5) is 22.7. The Morgan fingerprint density at radius 1 is 0.879 bits per heavy atom. The monoisotopic (exact) mass is 504 g/mol.